The summed E-state index contributed by atoms with van der Waals surface area (Å²) in [6, 6.07) is 10.1. The van der Waals surface area contributed by atoms with Crippen LogP contribution in [0.1, 0.15) is 52.3 Å². The lowest BCUT2D eigenvalue weighted by Crippen LogP contribution is -2.39. The van der Waals surface area contributed by atoms with Crippen molar-refractivity contribution in [2.45, 2.75) is 46.6 Å². The molecule has 1 aromatic carbocycles. The Morgan fingerprint density at radius 1 is 1.22 bits per heavy atom. The molecule has 0 aliphatic carbocycles. The van der Waals surface area contributed by atoms with Gasteiger partial charge in [-0.05, 0) is 50.7 Å². The summed E-state index contributed by atoms with van der Waals surface area (Å²) in [5.41, 5.74) is 0.901. The first-order valence-electron chi connectivity index (χ1n) is 9.67. The van der Waals surface area contributed by atoms with Crippen LogP contribution in [0.2, 0.25) is 0 Å². The predicted molar refractivity (Wildman–Crippen MR) is 124 cm³/mol. The Morgan fingerprint density at radius 3 is 2.59 bits per heavy atom. The maximum Gasteiger partial charge on any atom is 0.191 e. The van der Waals surface area contributed by atoms with Gasteiger partial charge in [0.2, 0.25) is 0 Å². The van der Waals surface area contributed by atoms with Gasteiger partial charge in [-0.1, -0.05) is 32.0 Å². The van der Waals surface area contributed by atoms with Gasteiger partial charge in [-0.25, -0.2) is 0 Å². The maximum absolute atomic E-state index is 9.29. The number of guanidine groups is 1. The van der Waals surface area contributed by atoms with E-state index in [0.717, 1.165) is 42.1 Å². The molecule has 1 aromatic heterocycles. The van der Waals surface area contributed by atoms with Crippen molar-refractivity contribution in [1.29, 1.82) is 0 Å². The minimum atomic E-state index is 0. The van der Waals surface area contributed by atoms with Gasteiger partial charge in [0.15, 0.2) is 5.96 Å². The van der Waals surface area contributed by atoms with Crippen molar-refractivity contribution in [3.63, 3.8) is 0 Å². The zero-order chi connectivity index (χ0) is 18.9. The van der Waals surface area contributed by atoms with Crippen LogP contribution in [-0.2, 0) is 0 Å². The minimum absolute atomic E-state index is 0. The number of furan rings is 1. The molecule has 0 fully saturated rings. The second kappa shape index (κ2) is 12.2. The molecule has 2 unspecified atom stereocenters. The molecule has 0 bridgehead atoms. The van der Waals surface area contributed by atoms with Crippen molar-refractivity contribution in [3.05, 3.63) is 36.1 Å². The number of aliphatic imine (C=N–C) groups is 1. The summed E-state index contributed by atoms with van der Waals surface area (Å²) in [7, 11) is 0. The van der Waals surface area contributed by atoms with Crippen molar-refractivity contribution >= 4 is 40.9 Å². The van der Waals surface area contributed by atoms with E-state index in [2.05, 4.69) is 50.5 Å². The summed E-state index contributed by atoms with van der Waals surface area (Å²) in [5.74, 6) is 2.68. The fraction of sp³-hybridized carbons (Fsp3) is 0.571. The van der Waals surface area contributed by atoms with Crippen LogP contribution in [0.25, 0.3) is 11.0 Å². The van der Waals surface area contributed by atoms with Crippen LogP contribution in [0.3, 0.4) is 0 Å². The monoisotopic (exact) mass is 487 g/mol. The highest BCUT2D eigenvalue weighted by Crippen LogP contribution is 2.23. The Hall–Kier alpha value is -1.28. The molecular formula is C21H34IN3O2. The maximum atomic E-state index is 9.29. The number of nitrogens with one attached hydrogen (secondary N) is 2. The van der Waals surface area contributed by atoms with Gasteiger partial charge in [0.1, 0.15) is 11.3 Å². The molecule has 152 valence electrons. The molecule has 2 rings (SSSR count). The fourth-order valence-corrected chi connectivity index (χ4v) is 3.17. The molecule has 1 heterocycles. The molecule has 0 aliphatic rings. The van der Waals surface area contributed by atoms with Gasteiger partial charge in [0.05, 0.1) is 6.04 Å². The number of nitrogens with zero attached hydrogens (tertiary/aromatic N) is 1. The Morgan fingerprint density at radius 2 is 1.96 bits per heavy atom. The number of benzene rings is 1. The third kappa shape index (κ3) is 7.70. The number of hydrogen-bond donors (Lipinski definition) is 3. The lowest BCUT2D eigenvalue weighted by Gasteiger charge is -2.19. The second-order valence-corrected chi connectivity index (χ2v) is 7.28. The van der Waals surface area contributed by atoms with Crippen LogP contribution >= 0.6 is 24.0 Å². The predicted octanol–water partition coefficient (Wildman–Crippen LogP) is 4.71. The Bertz CT molecular complexity index is 667. The average molecular weight is 487 g/mol. The molecular weight excluding hydrogens is 453 g/mol. The van der Waals surface area contributed by atoms with Crippen molar-refractivity contribution < 1.29 is 9.52 Å². The highest BCUT2D eigenvalue weighted by atomic mass is 127. The highest BCUT2D eigenvalue weighted by Gasteiger charge is 2.14. The van der Waals surface area contributed by atoms with Crippen LogP contribution in [0.4, 0.5) is 0 Å². The molecule has 0 spiro atoms. The van der Waals surface area contributed by atoms with Crippen LogP contribution < -0.4 is 10.6 Å². The molecule has 0 saturated heterocycles. The van der Waals surface area contributed by atoms with E-state index in [1.807, 2.05) is 18.2 Å². The first kappa shape index (κ1) is 23.8. The van der Waals surface area contributed by atoms with E-state index in [4.69, 9.17) is 9.41 Å². The van der Waals surface area contributed by atoms with Gasteiger partial charge in [-0.2, -0.15) is 0 Å². The first-order valence-corrected chi connectivity index (χ1v) is 9.67. The van der Waals surface area contributed by atoms with Gasteiger partial charge in [-0.3, -0.25) is 4.99 Å². The average Bonchev–Trinajstić information content (AvgIpc) is 3.03. The van der Waals surface area contributed by atoms with Crippen molar-refractivity contribution in [2.24, 2.45) is 16.8 Å². The van der Waals surface area contributed by atoms with Gasteiger partial charge < -0.3 is 20.2 Å². The molecule has 5 nitrogen and oxygen atoms in total. The van der Waals surface area contributed by atoms with Gasteiger partial charge in [0, 0.05) is 25.1 Å². The van der Waals surface area contributed by atoms with Crippen molar-refractivity contribution in [2.75, 3.05) is 19.7 Å². The summed E-state index contributed by atoms with van der Waals surface area (Å²) in [6.07, 6.45) is 1.86. The lowest BCUT2D eigenvalue weighted by molar-refractivity contribution is 0.245. The van der Waals surface area contributed by atoms with Gasteiger partial charge >= 0.3 is 0 Å². The zero-order valence-corrected chi connectivity index (χ0v) is 19.2. The van der Waals surface area contributed by atoms with E-state index < -0.39 is 0 Å². The third-order valence-electron chi connectivity index (χ3n) is 4.42. The first-order chi connectivity index (χ1) is 12.5. The fourth-order valence-electron chi connectivity index (χ4n) is 3.17. The summed E-state index contributed by atoms with van der Waals surface area (Å²) in [4.78, 5) is 4.75. The standard InChI is InChI=1S/C21H33N3O2.HI/c1-5-22-21(23-14-17(10-11-25)12-15(2)3)24-16(4)20-13-18-8-6-7-9-19(18)26-20;/h6-9,13,15-17,25H,5,10-12,14H2,1-4H3,(H2,22,23,24);1H. The molecule has 6 heteroatoms. The number of aliphatic hydroxyl groups is 1. The van der Waals surface area contributed by atoms with E-state index >= 15 is 0 Å². The van der Waals surface area contributed by atoms with Gasteiger partial charge in [-0.15, -0.1) is 24.0 Å². The molecule has 0 aliphatic heterocycles. The summed E-state index contributed by atoms with van der Waals surface area (Å²) >= 11 is 0. The summed E-state index contributed by atoms with van der Waals surface area (Å²) in [6.45, 7) is 10.3. The Labute approximate surface area is 180 Å². The Balaban J connectivity index is 0.00000364. The normalized spacial score (nSPS) is 14.1. The Kier molecular flexibility index (Phi) is 10.8. The number of fused-ring (bicyclic) bond motifs is 1. The van der Waals surface area contributed by atoms with E-state index in [0.29, 0.717) is 18.4 Å². The molecule has 2 atom stereocenters. The van der Waals surface area contributed by atoms with E-state index in [9.17, 15) is 5.11 Å². The highest BCUT2D eigenvalue weighted by molar-refractivity contribution is 14.0. The molecule has 0 radical (unpaired) electrons. The van der Waals surface area contributed by atoms with E-state index in [-0.39, 0.29) is 36.6 Å². The molecule has 0 saturated carbocycles. The quantitative estimate of drug-likeness (QED) is 0.272. The SMILES string of the molecule is CCNC(=NCC(CCO)CC(C)C)NC(C)c1cc2ccccc2o1.I. The van der Waals surface area contributed by atoms with Crippen molar-refractivity contribution in [3.8, 4) is 0 Å². The number of para-hydroxylation sites is 1. The third-order valence-corrected chi connectivity index (χ3v) is 4.42. The van der Waals surface area contributed by atoms with Crippen LogP contribution in [0.5, 0.6) is 0 Å². The summed E-state index contributed by atoms with van der Waals surface area (Å²) < 4.78 is 5.95. The van der Waals surface area contributed by atoms with Crippen molar-refractivity contribution in [1.82, 2.24) is 10.6 Å². The number of aliphatic hydroxyl groups excluding tert-OH is 1. The van der Waals surface area contributed by atoms with E-state index in [1.165, 1.54) is 0 Å². The smallest absolute Gasteiger partial charge is 0.191 e. The minimum Gasteiger partial charge on any atom is -0.459 e. The largest absolute Gasteiger partial charge is 0.459 e. The topological polar surface area (TPSA) is 69.8 Å². The summed E-state index contributed by atoms with van der Waals surface area (Å²) in [5, 5.41) is 17.1. The zero-order valence-electron chi connectivity index (χ0n) is 16.9. The molecule has 27 heavy (non-hydrogen) atoms. The van der Waals surface area contributed by atoms with E-state index in [1.54, 1.807) is 0 Å². The van der Waals surface area contributed by atoms with Gasteiger partial charge in [0.25, 0.3) is 0 Å². The molecule has 0 amide bonds. The number of rotatable bonds is 9. The second-order valence-electron chi connectivity index (χ2n) is 7.28. The van der Waals surface area contributed by atoms with Crippen LogP contribution in [0.15, 0.2) is 39.7 Å². The molecule has 3 N–H and O–H groups in total. The van der Waals surface area contributed by atoms with Crippen LogP contribution in [0, 0.1) is 11.8 Å². The van der Waals surface area contributed by atoms with Crippen LogP contribution in [-0.4, -0.2) is 30.8 Å². The number of halogens is 1. The molecule has 2 aromatic rings. The number of hydrogen-bond acceptors (Lipinski definition) is 3. The lowest BCUT2D eigenvalue weighted by atomic mass is 9.94.